The highest BCUT2D eigenvalue weighted by molar-refractivity contribution is 7.97. The molecule has 104 valence electrons. The van der Waals surface area contributed by atoms with Gasteiger partial charge in [0, 0.05) is 16.9 Å². The van der Waals surface area contributed by atoms with Crippen molar-refractivity contribution in [1.29, 1.82) is 0 Å². The summed E-state index contributed by atoms with van der Waals surface area (Å²) in [5.74, 6) is 1.09. The summed E-state index contributed by atoms with van der Waals surface area (Å²) in [4.78, 5) is 12.5. The normalized spacial score (nSPS) is 10.6. The molecule has 20 heavy (non-hydrogen) atoms. The van der Waals surface area contributed by atoms with Gasteiger partial charge in [0.15, 0.2) is 5.78 Å². The van der Waals surface area contributed by atoms with Crippen molar-refractivity contribution >= 4 is 17.5 Å². The Kier molecular flexibility index (Phi) is 4.66. The molecular weight excluding hydrogens is 264 g/mol. The molecule has 0 aliphatic heterocycles. The van der Waals surface area contributed by atoms with Crippen molar-refractivity contribution in [3.63, 3.8) is 0 Å². The Morgan fingerprint density at radius 2 is 1.50 bits per heavy atom. The second-order valence-electron chi connectivity index (χ2n) is 5.20. The van der Waals surface area contributed by atoms with Crippen molar-refractivity contribution in [3.8, 4) is 0 Å². The summed E-state index contributed by atoms with van der Waals surface area (Å²) in [5, 5.41) is 0. The van der Waals surface area contributed by atoms with Crippen LogP contribution in [0.2, 0.25) is 0 Å². The molecule has 0 heterocycles. The van der Waals surface area contributed by atoms with E-state index in [4.69, 9.17) is 0 Å². The van der Waals surface area contributed by atoms with Gasteiger partial charge in [0.25, 0.3) is 0 Å². The second kappa shape index (κ2) is 6.27. The summed E-state index contributed by atoms with van der Waals surface area (Å²) >= 11 is 1.80. The van der Waals surface area contributed by atoms with E-state index in [1.165, 1.54) is 16.7 Å². The predicted octanol–water partition coefficient (Wildman–Crippen LogP) is 4.71. The molecule has 0 aromatic heterocycles. The Labute approximate surface area is 125 Å². The molecule has 0 amide bonds. The van der Waals surface area contributed by atoms with E-state index in [2.05, 4.69) is 26.2 Å². The number of benzene rings is 2. The van der Waals surface area contributed by atoms with Gasteiger partial charge in [-0.2, -0.15) is 11.8 Å². The maximum Gasteiger partial charge on any atom is 0.193 e. The lowest BCUT2D eigenvalue weighted by Gasteiger charge is -2.08. The smallest absolute Gasteiger partial charge is 0.193 e. The third kappa shape index (κ3) is 3.13. The van der Waals surface area contributed by atoms with Crippen LogP contribution in [0.3, 0.4) is 0 Å². The van der Waals surface area contributed by atoms with E-state index >= 15 is 0 Å². The van der Waals surface area contributed by atoms with Crippen LogP contribution in [0.4, 0.5) is 0 Å². The van der Waals surface area contributed by atoms with Gasteiger partial charge in [0.1, 0.15) is 0 Å². The molecule has 0 bridgehead atoms. The van der Waals surface area contributed by atoms with Crippen molar-refractivity contribution in [2.75, 3.05) is 6.26 Å². The van der Waals surface area contributed by atoms with Crippen LogP contribution >= 0.6 is 11.8 Å². The predicted molar refractivity (Wildman–Crippen MR) is 87.7 cm³/mol. The summed E-state index contributed by atoms with van der Waals surface area (Å²) in [6, 6.07) is 11.9. The van der Waals surface area contributed by atoms with Gasteiger partial charge in [0.2, 0.25) is 0 Å². The number of carbonyl (C=O) groups is 1. The van der Waals surface area contributed by atoms with Crippen LogP contribution in [-0.2, 0) is 5.75 Å². The van der Waals surface area contributed by atoms with Crippen molar-refractivity contribution < 1.29 is 4.79 Å². The molecule has 2 aromatic rings. The van der Waals surface area contributed by atoms with Gasteiger partial charge in [-0.15, -0.1) is 0 Å². The number of ketones is 1. The monoisotopic (exact) mass is 284 g/mol. The van der Waals surface area contributed by atoms with Gasteiger partial charge in [-0.25, -0.2) is 0 Å². The van der Waals surface area contributed by atoms with Crippen LogP contribution in [0, 0.1) is 20.8 Å². The maximum absolute atomic E-state index is 12.5. The van der Waals surface area contributed by atoms with Crippen LogP contribution in [0.15, 0.2) is 36.4 Å². The number of thioether (sulfide) groups is 1. The number of carbonyl (C=O) groups excluding carboxylic acids is 1. The average molecular weight is 284 g/mol. The van der Waals surface area contributed by atoms with Crippen LogP contribution in [-0.4, -0.2) is 12.0 Å². The Hall–Kier alpha value is -1.54. The third-order valence-electron chi connectivity index (χ3n) is 3.67. The topological polar surface area (TPSA) is 17.1 Å². The van der Waals surface area contributed by atoms with Crippen molar-refractivity contribution in [3.05, 3.63) is 69.8 Å². The fourth-order valence-corrected chi connectivity index (χ4v) is 2.84. The summed E-state index contributed by atoms with van der Waals surface area (Å²) < 4.78 is 0. The molecule has 0 fully saturated rings. The van der Waals surface area contributed by atoms with Gasteiger partial charge >= 0.3 is 0 Å². The Balaban J connectivity index is 2.33. The first-order valence-electron chi connectivity index (χ1n) is 6.73. The lowest BCUT2D eigenvalue weighted by molar-refractivity contribution is 0.103. The van der Waals surface area contributed by atoms with Crippen LogP contribution in [0.25, 0.3) is 0 Å². The van der Waals surface area contributed by atoms with Crippen molar-refractivity contribution in [1.82, 2.24) is 0 Å². The molecule has 0 aliphatic rings. The molecule has 1 nitrogen and oxygen atoms in total. The first-order valence-corrected chi connectivity index (χ1v) is 8.12. The van der Waals surface area contributed by atoms with E-state index < -0.39 is 0 Å². The van der Waals surface area contributed by atoms with Gasteiger partial charge in [-0.3, -0.25) is 4.79 Å². The highest BCUT2D eigenvalue weighted by Gasteiger charge is 2.11. The van der Waals surface area contributed by atoms with E-state index in [1.807, 2.05) is 37.3 Å². The quantitative estimate of drug-likeness (QED) is 0.757. The molecule has 2 aromatic carbocycles. The number of aryl methyl sites for hydroxylation is 3. The fourth-order valence-electron chi connectivity index (χ4n) is 2.20. The minimum absolute atomic E-state index is 0.104. The molecular formula is C18H20OS. The molecule has 0 saturated heterocycles. The first-order chi connectivity index (χ1) is 9.52. The zero-order valence-corrected chi connectivity index (χ0v) is 13.3. The minimum atomic E-state index is 0.104. The molecule has 0 atom stereocenters. The lowest BCUT2D eigenvalue weighted by Crippen LogP contribution is -2.03. The third-order valence-corrected chi connectivity index (χ3v) is 4.27. The summed E-state index contributed by atoms with van der Waals surface area (Å²) in [7, 11) is 0. The second-order valence-corrected chi connectivity index (χ2v) is 6.07. The first kappa shape index (κ1) is 14.9. The maximum atomic E-state index is 12.5. The van der Waals surface area contributed by atoms with Crippen molar-refractivity contribution in [2.45, 2.75) is 26.5 Å². The average Bonchev–Trinajstić information content (AvgIpc) is 2.43. The molecule has 0 radical (unpaired) electrons. The van der Waals surface area contributed by atoms with Gasteiger partial charge in [-0.05, 0) is 61.4 Å². The SMILES string of the molecule is CSCc1ccc(C(=O)c2ccc(C)c(C)c2)cc1C. The summed E-state index contributed by atoms with van der Waals surface area (Å²) in [5.41, 5.74) is 6.41. The number of hydrogen-bond acceptors (Lipinski definition) is 2. The number of rotatable bonds is 4. The van der Waals surface area contributed by atoms with Crippen LogP contribution in [0.1, 0.15) is 38.2 Å². The Bertz CT molecular complexity index is 644. The highest BCUT2D eigenvalue weighted by atomic mass is 32.2. The Morgan fingerprint density at radius 1 is 0.900 bits per heavy atom. The molecule has 2 rings (SSSR count). The lowest BCUT2D eigenvalue weighted by atomic mass is 9.97. The summed E-state index contributed by atoms with van der Waals surface area (Å²) in [6.07, 6.45) is 2.09. The zero-order valence-electron chi connectivity index (χ0n) is 12.5. The van der Waals surface area contributed by atoms with Crippen LogP contribution < -0.4 is 0 Å². The zero-order chi connectivity index (χ0) is 14.7. The van der Waals surface area contributed by atoms with E-state index in [0.717, 1.165) is 22.4 Å². The molecule has 0 aliphatic carbocycles. The minimum Gasteiger partial charge on any atom is -0.289 e. The largest absolute Gasteiger partial charge is 0.289 e. The molecule has 0 unspecified atom stereocenters. The molecule has 2 heteroatoms. The highest BCUT2D eigenvalue weighted by Crippen LogP contribution is 2.19. The van der Waals surface area contributed by atoms with Gasteiger partial charge in [0.05, 0.1) is 0 Å². The standard InChI is InChI=1S/C18H20OS/c1-12-5-6-15(9-13(12)2)18(19)16-7-8-17(11-20-4)14(3)10-16/h5-10H,11H2,1-4H3. The van der Waals surface area contributed by atoms with Gasteiger partial charge < -0.3 is 0 Å². The summed E-state index contributed by atoms with van der Waals surface area (Å²) in [6.45, 7) is 6.17. The number of hydrogen-bond donors (Lipinski definition) is 0. The molecule has 0 spiro atoms. The van der Waals surface area contributed by atoms with Gasteiger partial charge in [-0.1, -0.05) is 24.3 Å². The van der Waals surface area contributed by atoms with Crippen LogP contribution in [0.5, 0.6) is 0 Å². The van der Waals surface area contributed by atoms with E-state index in [-0.39, 0.29) is 5.78 Å². The van der Waals surface area contributed by atoms with E-state index in [1.54, 1.807) is 11.8 Å². The molecule has 0 saturated carbocycles. The van der Waals surface area contributed by atoms with E-state index in [0.29, 0.717) is 0 Å². The van der Waals surface area contributed by atoms with Crippen molar-refractivity contribution in [2.24, 2.45) is 0 Å². The molecule has 0 N–H and O–H groups in total. The Morgan fingerprint density at radius 3 is 2.05 bits per heavy atom. The van der Waals surface area contributed by atoms with E-state index in [9.17, 15) is 4.79 Å². The fraction of sp³-hybridized carbons (Fsp3) is 0.278.